The fourth-order valence-corrected chi connectivity index (χ4v) is 3.77. The molecule has 0 atom stereocenters. The summed E-state index contributed by atoms with van der Waals surface area (Å²) >= 11 is 6.32. The Morgan fingerprint density at radius 1 is 1.07 bits per heavy atom. The molecule has 2 aromatic carbocycles. The molecule has 162 valence electrons. The van der Waals surface area contributed by atoms with Gasteiger partial charge in [0.1, 0.15) is 0 Å². The number of guanidine groups is 1. The lowest BCUT2D eigenvalue weighted by Crippen LogP contribution is -2.46. The largest absolute Gasteiger partial charge is 0.493 e. The molecule has 0 unspecified atom stereocenters. The molecular formula is C22H30ClN5O2. The fourth-order valence-electron chi connectivity index (χ4n) is 3.52. The number of halogens is 1. The highest BCUT2D eigenvalue weighted by Crippen LogP contribution is 2.29. The van der Waals surface area contributed by atoms with E-state index in [2.05, 4.69) is 26.2 Å². The van der Waals surface area contributed by atoms with E-state index in [9.17, 15) is 0 Å². The van der Waals surface area contributed by atoms with Crippen LogP contribution < -0.4 is 25.4 Å². The monoisotopic (exact) mass is 431 g/mol. The summed E-state index contributed by atoms with van der Waals surface area (Å²) < 4.78 is 10.5. The van der Waals surface area contributed by atoms with Gasteiger partial charge in [-0.25, -0.2) is 0 Å². The molecule has 1 fully saturated rings. The molecule has 2 aromatic rings. The molecular weight excluding hydrogens is 402 g/mol. The number of nitrogens with two attached hydrogens (primary N) is 1. The van der Waals surface area contributed by atoms with Gasteiger partial charge in [0, 0.05) is 51.0 Å². The molecule has 0 amide bonds. The maximum Gasteiger partial charge on any atom is 0.193 e. The summed E-state index contributed by atoms with van der Waals surface area (Å²) in [7, 11) is 3.21. The van der Waals surface area contributed by atoms with Gasteiger partial charge in [-0.3, -0.25) is 9.89 Å². The van der Waals surface area contributed by atoms with E-state index in [1.807, 2.05) is 36.4 Å². The van der Waals surface area contributed by atoms with Crippen LogP contribution in [0.2, 0.25) is 5.02 Å². The molecule has 1 heterocycles. The Kier molecular flexibility index (Phi) is 8.04. The third-order valence-electron chi connectivity index (χ3n) is 5.14. The number of ether oxygens (including phenoxy) is 2. The van der Waals surface area contributed by atoms with Crippen molar-refractivity contribution >= 4 is 28.9 Å². The van der Waals surface area contributed by atoms with Gasteiger partial charge < -0.3 is 25.4 Å². The van der Waals surface area contributed by atoms with E-state index >= 15 is 0 Å². The van der Waals surface area contributed by atoms with E-state index in [0.717, 1.165) is 55.5 Å². The second kappa shape index (κ2) is 10.9. The van der Waals surface area contributed by atoms with E-state index in [-0.39, 0.29) is 0 Å². The minimum atomic E-state index is 0.394. The molecule has 0 aliphatic carbocycles. The average Bonchev–Trinajstić information content (AvgIpc) is 2.77. The summed E-state index contributed by atoms with van der Waals surface area (Å²) in [6.45, 7) is 5.69. The average molecular weight is 432 g/mol. The van der Waals surface area contributed by atoms with Crippen LogP contribution in [-0.4, -0.2) is 64.3 Å². The maximum absolute atomic E-state index is 6.32. The van der Waals surface area contributed by atoms with Gasteiger partial charge in [0.25, 0.3) is 0 Å². The number of methoxy groups -OCH3 is 2. The van der Waals surface area contributed by atoms with E-state index in [1.54, 1.807) is 14.2 Å². The van der Waals surface area contributed by atoms with Gasteiger partial charge in [-0.1, -0.05) is 23.7 Å². The number of aliphatic imine (C=N–C) groups is 1. The summed E-state index contributed by atoms with van der Waals surface area (Å²) in [4.78, 5) is 9.24. The van der Waals surface area contributed by atoms with Crippen molar-refractivity contribution in [3.8, 4) is 11.5 Å². The van der Waals surface area contributed by atoms with Crippen LogP contribution in [0.4, 0.5) is 11.4 Å². The van der Waals surface area contributed by atoms with Gasteiger partial charge in [-0.15, -0.1) is 0 Å². The SMILES string of the molecule is COc1ccc(NC(N)=NCCCN2CCN(c3ccccc3Cl)CC2)cc1OC. The van der Waals surface area contributed by atoms with Gasteiger partial charge in [0.05, 0.1) is 24.9 Å². The first-order valence-electron chi connectivity index (χ1n) is 10.1. The highest BCUT2D eigenvalue weighted by molar-refractivity contribution is 6.33. The Bertz CT molecular complexity index is 853. The lowest BCUT2D eigenvalue weighted by Gasteiger charge is -2.36. The summed E-state index contributed by atoms with van der Waals surface area (Å²) in [6.07, 6.45) is 0.959. The zero-order chi connectivity index (χ0) is 21.3. The van der Waals surface area contributed by atoms with Crippen LogP contribution in [0, 0.1) is 0 Å². The third-order valence-corrected chi connectivity index (χ3v) is 5.46. The van der Waals surface area contributed by atoms with Crippen LogP contribution in [0.15, 0.2) is 47.5 Å². The molecule has 3 N–H and O–H groups in total. The smallest absolute Gasteiger partial charge is 0.193 e. The van der Waals surface area contributed by atoms with Gasteiger partial charge >= 0.3 is 0 Å². The van der Waals surface area contributed by atoms with Crippen LogP contribution in [0.25, 0.3) is 0 Å². The minimum absolute atomic E-state index is 0.394. The third kappa shape index (κ3) is 5.93. The highest BCUT2D eigenvalue weighted by Gasteiger charge is 2.18. The molecule has 7 nitrogen and oxygen atoms in total. The van der Waals surface area contributed by atoms with Crippen molar-refractivity contribution in [3.63, 3.8) is 0 Å². The molecule has 1 aliphatic rings. The van der Waals surface area contributed by atoms with E-state index < -0.39 is 0 Å². The van der Waals surface area contributed by atoms with Crippen LogP contribution >= 0.6 is 11.6 Å². The van der Waals surface area contributed by atoms with Crippen molar-refractivity contribution in [2.45, 2.75) is 6.42 Å². The Morgan fingerprint density at radius 2 is 1.80 bits per heavy atom. The molecule has 1 saturated heterocycles. The Labute approximate surface area is 183 Å². The number of hydrogen-bond acceptors (Lipinski definition) is 5. The molecule has 1 aliphatic heterocycles. The summed E-state index contributed by atoms with van der Waals surface area (Å²) in [5.41, 5.74) is 7.95. The molecule has 0 radical (unpaired) electrons. The van der Waals surface area contributed by atoms with Crippen LogP contribution in [0.5, 0.6) is 11.5 Å². The van der Waals surface area contributed by atoms with Crippen LogP contribution in [0.3, 0.4) is 0 Å². The van der Waals surface area contributed by atoms with Gasteiger partial charge in [0.15, 0.2) is 17.5 Å². The highest BCUT2D eigenvalue weighted by atomic mass is 35.5. The second-order valence-corrected chi connectivity index (χ2v) is 7.50. The molecule has 30 heavy (non-hydrogen) atoms. The zero-order valence-corrected chi connectivity index (χ0v) is 18.4. The second-order valence-electron chi connectivity index (χ2n) is 7.10. The molecule has 8 heteroatoms. The van der Waals surface area contributed by atoms with E-state index in [1.165, 1.54) is 0 Å². The topological polar surface area (TPSA) is 75.4 Å². The van der Waals surface area contributed by atoms with Crippen molar-refractivity contribution < 1.29 is 9.47 Å². The number of anilines is 2. The summed E-state index contributed by atoms with van der Waals surface area (Å²) in [6, 6.07) is 13.6. The van der Waals surface area contributed by atoms with Crippen LogP contribution in [-0.2, 0) is 0 Å². The number of para-hydroxylation sites is 1. The van der Waals surface area contributed by atoms with Gasteiger partial charge in [0.2, 0.25) is 0 Å². The minimum Gasteiger partial charge on any atom is -0.493 e. The molecule has 0 saturated carbocycles. The summed E-state index contributed by atoms with van der Waals surface area (Å²) in [5.74, 6) is 1.71. The first kappa shape index (κ1) is 22.1. The zero-order valence-electron chi connectivity index (χ0n) is 17.6. The lowest BCUT2D eigenvalue weighted by atomic mass is 10.2. The number of nitrogens with one attached hydrogen (secondary N) is 1. The molecule has 0 bridgehead atoms. The van der Waals surface area contributed by atoms with Crippen molar-refractivity contribution in [1.29, 1.82) is 0 Å². The van der Waals surface area contributed by atoms with Gasteiger partial charge in [-0.2, -0.15) is 0 Å². The number of hydrogen-bond donors (Lipinski definition) is 2. The van der Waals surface area contributed by atoms with Crippen molar-refractivity contribution in [3.05, 3.63) is 47.5 Å². The van der Waals surface area contributed by atoms with Crippen molar-refractivity contribution in [2.24, 2.45) is 10.7 Å². The predicted molar refractivity (Wildman–Crippen MR) is 124 cm³/mol. The van der Waals surface area contributed by atoms with Crippen molar-refractivity contribution in [1.82, 2.24) is 4.90 Å². The summed E-state index contributed by atoms with van der Waals surface area (Å²) in [5, 5.41) is 3.91. The molecule has 0 spiro atoms. The van der Waals surface area contributed by atoms with E-state index in [4.69, 9.17) is 26.8 Å². The lowest BCUT2D eigenvalue weighted by molar-refractivity contribution is 0.256. The first-order valence-corrected chi connectivity index (χ1v) is 10.5. The standard InChI is InChI=1S/C22H30ClN5O2/c1-29-20-9-8-17(16-21(20)30-2)26-22(24)25-10-5-11-27-12-14-28(15-13-27)19-7-4-3-6-18(19)23/h3-4,6-9,16H,5,10-15H2,1-2H3,(H3,24,25,26). The van der Waals surface area contributed by atoms with Crippen molar-refractivity contribution in [2.75, 3.05) is 63.7 Å². The molecule has 3 rings (SSSR count). The fraction of sp³-hybridized carbons (Fsp3) is 0.409. The van der Waals surface area contributed by atoms with Crippen LogP contribution in [0.1, 0.15) is 6.42 Å². The Hall–Kier alpha value is -2.64. The molecule has 0 aromatic heterocycles. The quantitative estimate of drug-likeness (QED) is 0.379. The van der Waals surface area contributed by atoms with Gasteiger partial charge in [-0.05, 0) is 30.7 Å². The number of piperazine rings is 1. The Morgan fingerprint density at radius 3 is 2.50 bits per heavy atom. The number of rotatable bonds is 8. The Balaban J connectivity index is 1.39. The number of benzene rings is 2. The van der Waals surface area contributed by atoms with E-state index in [0.29, 0.717) is 24.0 Å². The first-order chi connectivity index (χ1) is 14.6. The number of nitrogens with zero attached hydrogens (tertiary/aromatic N) is 3. The maximum atomic E-state index is 6.32. The predicted octanol–water partition coefficient (Wildman–Crippen LogP) is 3.30. The normalized spacial score (nSPS) is 15.2.